The predicted octanol–water partition coefficient (Wildman–Crippen LogP) is 3.88. The second kappa shape index (κ2) is 8.93. The van der Waals surface area contributed by atoms with Gasteiger partial charge in [-0.25, -0.2) is 18.1 Å². The van der Waals surface area contributed by atoms with Gasteiger partial charge in [-0.15, -0.1) is 0 Å². The van der Waals surface area contributed by atoms with Crippen molar-refractivity contribution >= 4 is 38.3 Å². The van der Waals surface area contributed by atoms with E-state index in [1.165, 1.54) is 10.9 Å². The Morgan fingerprint density at radius 1 is 1.11 bits per heavy atom. The lowest BCUT2D eigenvalue weighted by Gasteiger charge is -2.10. The molecule has 0 atom stereocenters. The van der Waals surface area contributed by atoms with Crippen LogP contribution in [0.3, 0.4) is 0 Å². The summed E-state index contributed by atoms with van der Waals surface area (Å²) in [5, 5.41) is 11.7. The number of hydrogen-bond donors (Lipinski definition) is 2. The molecule has 3 N–H and O–H groups in total. The van der Waals surface area contributed by atoms with Gasteiger partial charge < -0.3 is 15.6 Å². The zero-order chi connectivity index (χ0) is 25.4. The van der Waals surface area contributed by atoms with Crippen molar-refractivity contribution in [2.24, 2.45) is 0 Å². The highest BCUT2D eigenvalue weighted by Crippen LogP contribution is 2.28. The average Bonchev–Trinajstić information content (AvgIpc) is 3.48. The molecule has 0 aliphatic rings. The zero-order valence-corrected chi connectivity index (χ0v) is 20.3. The van der Waals surface area contributed by atoms with Crippen molar-refractivity contribution in [1.29, 1.82) is 0 Å². The van der Waals surface area contributed by atoms with Gasteiger partial charge >= 0.3 is 0 Å². The summed E-state index contributed by atoms with van der Waals surface area (Å²) in [5.41, 5.74) is 9.26. The van der Waals surface area contributed by atoms with Crippen molar-refractivity contribution < 1.29 is 17.7 Å². The third kappa shape index (κ3) is 4.31. The van der Waals surface area contributed by atoms with E-state index in [1.54, 1.807) is 60.7 Å². The van der Waals surface area contributed by atoms with Crippen LogP contribution in [0.15, 0.2) is 76.3 Å². The summed E-state index contributed by atoms with van der Waals surface area (Å²) >= 11 is 0. The summed E-state index contributed by atoms with van der Waals surface area (Å²) in [7, 11) is -3.42. The molecule has 36 heavy (non-hydrogen) atoms. The van der Waals surface area contributed by atoms with Gasteiger partial charge in [0.25, 0.3) is 5.91 Å². The molecular formula is C25H22N6O4S. The molecule has 2 aromatic carbocycles. The van der Waals surface area contributed by atoms with Crippen molar-refractivity contribution in [2.45, 2.75) is 18.2 Å². The van der Waals surface area contributed by atoms with Crippen LogP contribution in [0.5, 0.6) is 0 Å². The highest BCUT2D eigenvalue weighted by molar-refractivity contribution is 7.90. The molecule has 0 saturated carbocycles. The maximum absolute atomic E-state index is 13.2. The number of benzene rings is 2. The van der Waals surface area contributed by atoms with Crippen molar-refractivity contribution in [3.05, 3.63) is 78.2 Å². The maximum atomic E-state index is 13.2. The molecule has 0 spiro atoms. The van der Waals surface area contributed by atoms with Gasteiger partial charge in [0.2, 0.25) is 0 Å². The number of nitrogens with one attached hydrogen (secondary N) is 1. The molecule has 0 aliphatic carbocycles. The molecule has 3 heterocycles. The third-order valence-corrected chi connectivity index (χ3v) is 6.84. The second-order valence-corrected chi connectivity index (χ2v) is 10.2. The lowest BCUT2D eigenvalue weighted by molar-refractivity contribution is 0.101. The first-order chi connectivity index (χ1) is 17.2. The number of rotatable bonds is 6. The van der Waals surface area contributed by atoms with E-state index in [0.717, 1.165) is 11.9 Å². The molecule has 10 nitrogen and oxygen atoms in total. The van der Waals surface area contributed by atoms with Crippen LogP contribution in [0.25, 0.3) is 27.8 Å². The van der Waals surface area contributed by atoms with E-state index in [2.05, 4.69) is 20.6 Å². The minimum atomic E-state index is -3.42. The molecular weight excluding hydrogens is 480 g/mol. The number of aromatic nitrogens is 4. The first-order valence-electron chi connectivity index (χ1n) is 11.1. The molecule has 0 bridgehead atoms. The van der Waals surface area contributed by atoms with Gasteiger partial charge in [-0.05, 0) is 48.9 Å². The number of pyridine rings is 1. The summed E-state index contributed by atoms with van der Waals surface area (Å²) in [6, 6.07) is 17.0. The third-order valence-electron chi connectivity index (χ3n) is 5.68. The van der Waals surface area contributed by atoms with E-state index in [4.69, 9.17) is 10.3 Å². The summed E-state index contributed by atoms with van der Waals surface area (Å²) in [4.78, 5) is 17.7. The van der Waals surface area contributed by atoms with Crippen LogP contribution in [0, 0.1) is 0 Å². The van der Waals surface area contributed by atoms with Gasteiger partial charge in [0.05, 0.1) is 21.7 Å². The Morgan fingerprint density at radius 3 is 2.64 bits per heavy atom. The largest absolute Gasteiger partial charge is 0.380 e. The monoisotopic (exact) mass is 502 g/mol. The lowest BCUT2D eigenvalue weighted by Crippen LogP contribution is -2.17. The van der Waals surface area contributed by atoms with E-state index in [-0.39, 0.29) is 10.7 Å². The molecule has 0 saturated heterocycles. The fraction of sp³-hybridized carbons (Fsp3) is 0.120. The Morgan fingerprint density at radius 2 is 1.92 bits per heavy atom. The van der Waals surface area contributed by atoms with Crippen molar-refractivity contribution in [2.75, 3.05) is 17.3 Å². The summed E-state index contributed by atoms with van der Waals surface area (Å²) < 4.78 is 31.0. The molecule has 11 heteroatoms. The van der Waals surface area contributed by atoms with Gasteiger partial charge in [-0.1, -0.05) is 30.3 Å². The number of fused-ring (bicyclic) bond motifs is 1. The molecule has 3 aromatic heterocycles. The summed E-state index contributed by atoms with van der Waals surface area (Å²) in [5.74, 6) is 0.157. The van der Waals surface area contributed by atoms with Gasteiger partial charge in [-0.2, -0.15) is 5.10 Å². The quantitative estimate of drug-likeness (QED) is 0.356. The van der Waals surface area contributed by atoms with Crippen LogP contribution in [0.1, 0.15) is 23.1 Å². The second-order valence-electron chi connectivity index (χ2n) is 8.19. The van der Waals surface area contributed by atoms with Gasteiger partial charge in [0.15, 0.2) is 21.2 Å². The fourth-order valence-corrected chi connectivity index (χ4v) is 4.79. The van der Waals surface area contributed by atoms with E-state index >= 15 is 0 Å². The number of nitrogens with two attached hydrogens (primary N) is 1. The Bertz CT molecular complexity index is 1700. The number of carbonyl (C=O) groups excluding carboxylic acids is 1. The Kier molecular flexibility index (Phi) is 5.77. The number of amides is 1. The number of carbonyl (C=O) groups is 1. The van der Waals surface area contributed by atoms with Crippen LogP contribution in [0.2, 0.25) is 0 Å². The van der Waals surface area contributed by atoms with Gasteiger partial charge in [0.1, 0.15) is 11.5 Å². The van der Waals surface area contributed by atoms with E-state index in [0.29, 0.717) is 45.7 Å². The molecule has 0 unspecified atom stereocenters. The molecule has 0 aliphatic heterocycles. The van der Waals surface area contributed by atoms with Crippen LogP contribution in [-0.4, -0.2) is 40.5 Å². The molecule has 0 radical (unpaired) electrons. The number of sulfone groups is 1. The van der Waals surface area contributed by atoms with E-state index in [9.17, 15) is 13.2 Å². The first kappa shape index (κ1) is 23.2. The Labute approximate surface area is 206 Å². The maximum Gasteiger partial charge on any atom is 0.275 e. The van der Waals surface area contributed by atoms with E-state index < -0.39 is 15.7 Å². The van der Waals surface area contributed by atoms with Gasteiger partial charge in [0, 0.05) is 23.6 Å². The Hall–Kier alpha value is -4.51. The SMILES string of the molecule is CCc1cc(C(=O)Nc2ccc(-c3ccccc3S(C)(=O)=O)cn2)n(-c2ccc3onc(N)c3c2)n1. The summed E-state index contributed by atoms with van der Waals surface area (Å²) in [6.07, 6.45) is 3.32. The highest BCUT2D eigenvalue weighted by Gasteiger charge is 2.19. The minimum Gasteiger partial charge on any atom is -0.380 e. The van der Waals surface area contributed by atoms with Crippen LogP contribution < -0.4 is 11.1 Å². The lowest BCUT2D eigenvalue weighted by atomic mass is 10.1. The topological polar surface area (TPSA) is 146 Å². The summed E-state index contributed by atoms with van der Waals surface area (Å²) in [6.45, 7) is 1.95. The van der Waals surface area contributed by atoms with Gasteiger partial charge in [-0.3, -0.25) is 4.79 Å². The zero-order valence-electron chi connectivity index (χ0n) is 19.5. The molecule has 182 valence electrons. The number of nitrogen functional groups attached to an aromatic ring is 1. The number of hydrogen-bond acceptors (Lipinski definition) is 8. The predicted molar refractivity (Wildman–Crippen MR) is 136 cm³/mol. The van der Waals surface area contributed by atoms with Crippen molar-refractivity contribution in [3.63, 3.8) is 0 Å². The number of nitrogens with zero attached hydrogens (tertiary/aromatic N) is 4. The standard InChI is InChI=1S/C25H22N6O4S/c1-3-16-12-20(31(29-16)17-9-10-21-19(13-17)24(26)30-35-21)25(32)28-23-11-8-15(14-27-23)18-6-4-5-7-22(18)36(2,33)34/h4-14H,3H2,1-2H3,(H2,26,30)(H,27,28,32). The molecule has 5 rings (SSSR count). The van der Waals surface area contributed by atoms with Crippen molar-refractivity contribution in [1.82, 2.24) is 19.9 Å². The van der Waals surface area contributed by atoms with Crippen LogP contribution in [0.4, 0.5) is 11.6 Å². The minimum absolute atomic E-state index is 0.213. The smallest absolute Gasteiger partial charge is 0.275 e. The molecule has 1 amide bonds. The van der Waals surface area contributed by atoms with Crippen molar-refractivity contribution in [3.8, 4) is 16.8 Å². The fourth-order valence-electron chi connectivity index (χ4n) is 3.87. The normalized spacial score (nSPS) is 11.6. The van der Waals surface area contributed by atoms with Crippen LogP contribution >= 0.6 is 0 Å². The molecule has 5 aromatic rings. The number of anilines is 2. The molecule has 0 fully saturated rings. The average molecular weight is 503 g/mol. The Balaban J connectivity index is 1.44. The number of aryl methyl sites for hydroxylation is 1. The van der Waals surface area contributed by atoms with E-state index in [1.807, 2.05) is 6.92 Å². The van der Waals surface area contributed by atoms with Crippen LogP contribution in [-0.2, 0) is 16.3 Å². The first-order valence-corrected chi connectivity index (χ1v) is 12.9. The highest BCUT2D eigenvalue weighted by atomic mass is 32.2.